The van der Waals surface area contributed by atoms with Crippen LogP contribution in [0.2, 0.25) is 0 Å². The second-order valence-corrected chi connectivity index (χ2v) is 24.3. The van der Waals surface area contributed by atoms with Crippen LogP contribution in [-0.4, -0.2) is 69.4 Å². The zero-order chi connectivity index (χ0) is 55.0. The maximum Gasteiger partial charge on any atom is 0.306 e. The first-order chi connectivity index (χ1) is 36.4. The quantitative estimate of drug-likeness (QED) is 0.0212. The summed E-state index contributed by atoms with van der Waals surface area (Å²) >= 11 is 0. The summed E-state index contributed by atoms with van der Waals surface area (Å²) in [5.41, 5.74) is 0. The molecule has 0 aliphatic carbocycles. The zero-order valence-electron chi connectivity index (χ0n) is 50.3. The first kappa shape index (κ1) is 73.0. The van der Waals surface area contributed by atoms with Crippen molar-refractivity contribution < 1.29 is 37.3 Å². The van der Waals surface area contributed by atoms with Gasteiger partial charge in [-0.15, -0.1) is 0 Å². The molecule has 0 aromatic rings. The van der Waals surface area contributed by atoms with E-state index in [9.17, 15) is 19.0 Å². The van der Waals surface area contributed by atoms with Gasteiger partial charge in [-0.1, -0.05) is 269 Å². The van der Waals surface area contributed by atoms with E-state index in [1.807, 2.05) is 33.3 Å². The number of carbonyl (C=O) groups excluding carboxylic acids is 2. The van der Waals surface area contributed by atoms with Crippen molar-refractivity contribution in [2.75, 3.05) is 40.9 Å². The number of amides is 1. The van der Waals surface area contributed by atoms with E-state index in [-0.39, 0.29) is 31.5 Å². The number of esters is 1. The zero-order valence-corrected chi connectivity index (χ0v) is 51.2. The number of ether oxygens (including phenoxy) is 1. The third-order valence-corrected chi connectivity index (χ3v) is 15.2. The molecule has 1 N–H and O–H groups in total. The van der Waals surface area contributed by atoms with E-state index in [1.54, 1.807) is 0 Å². The molecule has 0 heterocycles. The molecule has 0 radical (unpaired) electrons. The third kappa shape index (κ3) is 56.5. The summed E-state index contributed by atoms with van der Waals surface area (Å²) in [6.07, 6.45) is 67.9. The van der Waals surface area contributed by atoms with Crippen molar-refractivity contribution in [1.82, 2.24) is 5.32 Å². The van der Waals surface area contributed by atoms with Gasteiger partial charge in [-0.3, -0.25) is 14.2 Å². The lowest BCUT2D eigenvalue weighted by Crippen LogP contribution is -2.47. The predicted octanol–water partition coefficient (Wildman–Crippen LogP) is 19.0. The smallest absolute Gasteiger partial charge is 0.306 e. The topological polar surface area (TPSA) is 114 Å². The van der Waals surface area contributed by atoms with Gasteiger partial charge in [0, 0.05) is 12.8 Å². The fourth-order valence-electron chi connectivity index (χ4n) is 9.29. The number of quaternary nitrogens is 1. The van der Waals surface area contributed by atoms with Gasteiger partial charge in [0.1, 0.15) is 19.3 Å². The Balaban J connectivity index is 5.15. The third-order valence-electron chi connectivity index (χ3n) is 14.3. The van der Waals surface area contributed by atoms with Crippen molar-refractivity contribution in [2.24, 2.45) is 0 Å². The van der Waals surface area contributed by atoms with Crippen LogP contribution in [0, 0.1) is 0 Å². The molecule has 0 bridgehead atoms. The van der Waals surface area contributed by atoms with Gasteiger partial charge in [-0.2, -0.15) is 0 Å². The van der Waals surface area contributed by atoms with E-state index in [0.29, 0.717) is 17.4 Å². The van der Waals surface area contributed by atoms with Crippen LogP contribution >= 0.6 is 7.82 Å². The molecule has 440 valence electrons. The molecule has 1 amide bonds. The van der Waals surface area contributed by atoms with E-state index in [2.05, 4.69) is 62.5 Å². The van der Waals surface area contributed by atoms with Crippen molar-refractivity contribution >= 4 is 19.7 Å². The Morgan fingerprint density at radius 2 is 0.813 bits per heavy atom. The summed E-state index contributed by atoms with van der Waals surface area (Å²) in [7, 11) is 1.19. The van der Waals surface area contributed by atoms with Gasteiger partial charge in [0.2, 0.25) is 5.91 Å². The fourth-order valence-corrected chi connectivity index (χ4v) is 10.0. The SMILES string of the molecule is CCCCC/C=C\C/C=C\C/C=C\CCCCCCCCCCCCC(=O)NC(COP(=O)([O-])OCC[N+](C)(C)C)C(/C=C\CCCCCCCCCCCC)OC(=O)CCCCCCCCCCCCCCCC. The Morgan fingerprint density at radius 1 is 0.467 bits per heavy atom. The van der Waals surface area contributed by atoms with Gasteiger partial charge in [0.05, 0.1) is 33.8 Å². The number of hydrogen-bond donors (Lipinski definition) is 1. The van der Waals surface area contributed by atoms with Gasteiger partial charge < -0.3 is 28.5 Å². The van der Waals surface area contributed by atoms with Crippen LogP contribution in [-0.2, 0) is 27.9 Å². The molecule has 10 heteroatoms. The monoisotopic (exact) mass is 1070 g/mol. The summed E-state index contributed by atoms with van der Waals surface area (Å²) in [6.45, 7) is 6.84. The fraction of sp³-hybridized carbons (Fsp3) is 0.846. The first-order valence-electron chi connectivity index (χ1n) is 31.9. The number of likely N-dealkylation sites (N-methyl/N-ethyl adjacent to an activating group) is 1. The first-order valence-corrected chi connectivity index (χ1v) is 33.4. The van der Waals surface area contributed by atoms with E-state index >= 15 is 0 Å². The van der Waals surface area contributed by atoms with Crippen LogP contribution in [0.25, 0.3) is 0 Å². The summed E-state index contributed by atoms with van der Waals surface area (Å²) in [4.78, 5) is 40.0. The molecule has 0 aliphatic rings. The van der Waals surface area contributed by atoms with Gasteiger partial charge in [0.25, 0.3) is 7.82 Å². The Hall–Kier alpha value is -2.03. The lowest BCUT2D eigenvalue weighted by molar-refractivity contribution is -0.870. The van der Waals surface area contributed by atoms with E-state index in [4.69, 9.17) is 13.8 Å². The van der Waals surface area contributed by atoms with Gasteiger partial charge in [-0.25, -0.2) is 0 Å². The number of carbonyl (C=O) groups is 2. The Labute approximate surface area is 465 Å². The minimum atomic E-state index is -4.70. The highest BCUT2D eigenvalue weighted by Gasteiger charge is 2.27. The number of nitrogens with one attached hydrogen (secondary N) is 1. The van der Waals surface area contributed by atoms with Gasteiger partial charge >= 0.3 is 5.97 Å². The van der Waals surface area contributed by atoms with E-state index < -0.39 is 20.0 Å². The number of unbranched alkanes of at least 4 members (excludes halogenated alkanes) is 36. The highest BCUT2D eigenvalue weighted by molar-refractivity contribution is 7.45. The van der Waals surface area contributed by atoms with Crippen LogP contribution in [0.15, 0.2) is 48.6 Å². The maximum atomic E-state index is 13.5. The van der Waals surface area contributed by atoms with Crippen LogP contribution < -0.4 is 10.2 Å². The molecule has 3 atom stereocenters. The highest BCUT2D eigenvalue weighted by atomic mass is 31.2. The minimum absolute atomic E-state index is 0.0218. The predicted molar refractivity (Wildman–Crippen MR) is 321 cm³/mol. The van der Waals surface area contributed by atoms with E-state index in [0.717, 1.165) is 77.0 Å². The average molecular weight is 1080 g/mol. The molecule has 0 saturated carbocycles. The molecule has 0 spiro atoms. The molecule has 75 heavy (non-hydrogen) atoms. The minimum Gasteiger partial charge on any atom is -0.756 e. The molecule has 0 saturated heterocycles. The molecular weight excluding hydrogens is 952 g/mol. The molecule has 3 unspecified atom stereocenters. The van der Waals surface area contributed by atoms with Crippen molar-refractivity contribution in [1.29, 1.82) is 0 Å². The molecule has 0 aliphatic heterocycles. The molecule has 0 aromatic carbocycles. The lowest BCUT2D eigenvalue weighted by atomic mass is 10.0. The number of rotatable bonds is 58. The van der Waals surface area contributed by atoms with Crippen LogP contribution in [0.1, 0.15) is 303 Å². The number of allylic oxidation sites excluding steroid dienone is 7. The Morgan fingerprint density at radius 3 is 1.24 bits per heavy atom. The van der Waals surface area contributed by atoms with Crippen molar-refractivity contribution in [2.45, 2.75) is 315 Å². The van der Waals surface area contributed by atoms with E-state index in [1.165, 1.54) is 193 Å². The summed E-state index contributed by atoms with van der Waals surface area (Å²) in [5.74, 6) is -0.534. The van der Waals surface area contributed by atoms with Crippen LogP contribution in [0.3, 0.4) is 0 Å². The molecule has 0 aromatic heterocycles. The van der Waals surface area contributed by atoms with Crippen molar-refractivity contribution in [3.63, 3.8) is 0 Å². The Kier molecular flexibility index (Phi) is 53.8. The lowest BCUT2D eigenvalue weighted by Gasteiger charge is -2.30. The van der Waals surface area contributed by atoms with Crippen LogP contribution in [0.5, 0.6) is 0 Å². The number of phosphoric acid groups is 1. The van der Waals surface area contributed by atoms with Gasteiger partial charge in [0.15, 0.2) is 0 Å². The standard InChI is InChI=1S/C65H123N2O7P/c1-7-10-13-16-19-22-25-28-30-31-32-33-34-35-36-37-38-39-42-45-48-51-54-57-64(68)66-62(61-73-75(70,71)72-60-59-67(4,5)6)63(56-53-50-47-44-41-27-24-21-18-15-12-9-3)74-65(69)58-55-52-49-46-43-40-29-26-23-20-17-14-11-8-2/h19,22,28,30,32-33,53,56,62-63H,7-18,20-21,23-27,29,31,34-52,54-55,57-61H2,1-6H3,(H-,66,68,70,71)/b22-19-,30-28-,33-32-,56-53-. The Bertz CT molecular complexity index is 1420. The summed E-state index contributed by atoms with van der Waals surface area (Å²) in [5, 5.41) is 3.03. The highest BCUT2D eigenvalue weighted by Crippen LogP contribution is 2.38. The summed E-state index contributed by atoms with van der Waals surface area (Å²) in [6, 6.07) is -0.887. The number of hydrogen-bond acceptors (Lipinski definition) is 7. The van der Waals surface area contributed by atoms with Crippen LogP contribution in [0.4, 0.5) is 0 Å². The van der Waals surface area contributed by atoms with Crippen molar-refractivity contribution in [3.8, 4) is 0 Å². The normalized spacial score (nSPS) is 14.0. The number of phosphoric ester groups is 1. The molecule has 0 fully saturated rings. The van der Waals surface area contributed by atoms with Gasteiger partial charge in [-0.05, 0) is 70.3 Å². The molecule has 0 rings (SSSR count). The largest absolute Gasteiger partial charge is 0.756 e. The molecule has 9 nitrogen and oxygen atoms in total. The summed E-state index contributed by atoms with van der Waals surface area (Å²) < 4.78 is 30.3. The average Bonchev–Trinajstić information content (AvgIpc) is 3.37. The van der Waals surface area contributed by atoms with Crippen molar-refractivity contribution in [3.05, 3.63) is 48.6 Å². The second kappa shape index (κ2) is 55.3. The maximum absolute atomic E-state index is 13.5. The second-order valence-electron chi connectivity index (χ2n) is 22.9. The number of nitrogens with zero attached hydrogens (tertiary/aromatic N) is 1. The molecular formula is C65H123N2O7P.